The lowest BCUT2D eigenvalue weighted by atomic mass is 10.2. The van der Waals surface area contributed by atoms with E-state index in [0.29, 0.717) is 0 Å². The van der Waals surface area contributed by atoms with E-state index in [0.717, 1.165) is 18.6 Å². The monoisotopic (exact) mass is 194 g/mol. The highest BCUT2D eigenvalue weighted by molar-refractivity contribution is 5.26. The van der Waals surface area contributed by atoms with Crippen LogP contribution in [0.25, 0.3) is 0 Å². The minimum atomic E-state index is -0.278. The summed E-state index contributed by atoms with van der Waals surface area (Å²) in [5, 5.41) is 9.13. The molecule has 0 amide bonds. The van der Waals surface area contributed by atoms with Crippen LogP contribution in [0, 0.1) is 0 Å². The molecule has 1 aromatic carbocycles. The maximum Gasteiger partial charge on any atom is 0.184 e. The Morgan fingerprint density at radius 3 is 2.64 bits per heavy atom. The van der Waals surface area contributed by atoms with E-state index in [9.17, 15) is 0 Å². The Morgan fingerprint density at radius 1 is 1.29 bits per heavy atom. The van der Waals surface area contributed by atoms with Gasteiger partial charge < -0.3 is 14.6 Å². The lowest BCUT2D eigenvalue weighted by Crippen LogP contribution is -2.24. The van der Waals surface area contributed by atoms with Crippen molar-refractivity contribution in [3.63, 3.8) is 0 Å². The minimum Gasteiger partial charge on any atom is -0.508 e. The Kier molecular flexibility index (Phi) is 2.70. The molecule has 1 fully saturated rings. The van der Waals surface area contributed by atoms with Crippen LogP contribution in [-0.2, 0) is 9.47 Å². The number of hydrogen-bond acceptors (Lipinski definition) is 3. The van der Waals surface area contributed by atoms with Crippen molar-refractivity contribution in [1.29, 1.82) is 0 Å². The highest BCUT2D eigenvalue weighted by Crippen LogP contribution is 2.26. The highest BCUT2D eigenvalue weighted by Gasteiger charge is 2.20. The summed E-state index contributed by atoms with van der Waals surface area (Å²) in [6.07, 6.45) is 0.899. The van der Waals surface area contributed by atoms with Gasteiger partial charge in [0.2, 0.25) is 0 Å². The quantitative estimate of drug-likeness (QED) is 0.745. The first-order chi connectivity index (χ1) is 6.75. The van der Waals surface area contributed by atoms with Crippen LogP contribution in [0.4, 0.5) is 0 Å². The summed E-state index contributed by atoms with van der Waals surface area (Å²) in [4.78, 5) is 0. The van der Waals surface area contributed by atoms with Gasteiger partial charge >= 0.3 is 0 Å². The van der Waals surface area contributed by atoms with Crippen molar-refractivity contribution >= 4 is 0 Å². The summed E-state index contributed by atoms with van der Waals surface area (Å²) < 4.78 is 11.1. The van der Waals surface area contributed by atoms with Gasteiger partial charge in [-0.1, -0.05) is 12.1 Å². The molecule has 2 rings (SSSR count). The van der Waals surface area contributed by atoms with E-state index < -0.39 is 0 Å². The number of phenols is 1. The number of ether oxygens (including phenoxy) is 2. The van der Waals surface area contributed by atoms with Crippen LogP contribution in [0.3, 0.4) is 0 Å². The molecule has 1 saturated heterocycles. The highest BCUT2D eigenvalue weighted by atomic mass is 16.7. The van der Waals surface area contributed by atoms with Gasteiger partial charge in [-0.25, -0.2) is 0 Å². The second kappa shape index (κ2) is 3.98. The van der Waals surface area contributed by atoms with Crippen LogP contribution >= 0.6 is 0 Å². The molecule has 0 aliphatic carbocycles. The zero-order chi connectivity index (χ0) is 9.97. The van der Waals surface area contributed by atoms with Crippen LogP contribution in [0.2, 0.25) is 0 Å². The fourth-order valence-electron chi connectivity index (χ4n) is 1.47. The summed E-state index contributed by atoms with van der Waals surface area (Å²) in [7, 11) is 0. The van der Waals surface area contributed by atoms with Crippen molar-refractivity contribution in [2.45, 2.75) is 25.7 Å². The van der Waals surface area contributed by atoms with Crippen molar-refractivity contribution in [3.8, 4) is 5.75 Å². The lowest BCUT2D eigenvalue weighted by Gasteiger charge is -2.28. The Hall–Kier alpha value is -1.06. The minimum absolute atomic E-state index is 0.238. The predicted molar refractivity (Wildman–Crippen MR) is 52.0 cm³/mol. The van der Waals surface area contributed by atoms with Gasteiger partial charge in [-0.05, 0) is 25.5 Å². The average molecular weight is 194 g/mol. The summed E-state index contributed by atoms with van der Waals surface area (Å²) in [6.45, 7) is 2.77. The van der Waals surface area contributed by atoms with Crippen molar-refractivity contribution in [2.24, 2.45) is 0 Å². The Bertz CT molecular complexity index is 294. The van der Waals surface area contributed by atoms with Crippen molar-refractivity contribution < 1.29 is 14.6 Å². The van der Waals surface area contributed by atoms with Crippen molar-refractivity contribution in [2.75, 3.05) is 6.61 Å². The predicted octanol–water partition coefficient (Wildman–Crippen LogP) is 2.22. The van der Waals surface area contributed by atoms with Crippen LogP contribution in [0.5, 0.6) is 5.75 Å². The molecule has 3 heteroatoms. The smallest absolute Gasteiger partial charge is 0.184 e. The lowest BCUT2D eigenvalue weighted by molar-refractivity contribution is -0.212. The maximum absolute atomic E-state index is 9.13. The van der Waals surface area contributed by atoms with E-state index in [1.54, 1.807) is 12.1 Å². The normalized spacial score (nSPS) is 27.5. The summed E-state index contributed by atoms with van der Waals surface area (Å²) in [5.74, 6) is 0.262. The molecular weight excluding hydrogens is 180 g/mol. The third kappa shape index (κ3) is 2.05. The van der Waals surface area contributed by atoms with Gasteiger partial charge in [-0.15, -0.1) is 0 Å². The first-order valence-corrected chi connectivity index (χ1v) is 4.82. The molecular formula is C11H14O3. The second-order valence-electron chi connectivity index (χ2n) is 3.53. The number of rotatable bonds is 1. The average Bonchev–Trinajstić information content (AvgIpc) is 2.19. The standard InChI is InChI=1S/C11H14O3/c1-8-6-7-13-11(14-8)9-2-4-10(12)5-3-9/h2-5,8,11-12H,6-7H2,1H3/t8-,11-/m1/s1. The molecule has 0 aromatic heterocycles. The maximum atomic E-state index is 9.13. The first-order valence-electron chi connectivity index (χ1n) is 4.82. The fraction of sp³-hybridized carbons (Fsp3) is 0.455. The summed E-state index contributed by atoms with van der Waals surface area (Å²) in [6, 6.07) is 6.92. The van der Waals surface area contributed by atoms with E-state index in [2.05, 4.69) is 0 Å². The van der Waals surface area contributed by atoms with E-state index >= 15 is 0 Å². The van der Waals surface area contributed by atoms with Gasteiger partial charge in [0.05, 0.1) is 12.7 Å². The van der Waals surface area contributed by atoms with Gasteiger partial charge in [0, 0.05) is 5.56 Å². The Labute approximate surface area is 83.3 Å². The number of aromatic hydroxyl groups is 1. The largest absolute Gasteiger partial charge is 0.508 e. The first kappa shape index (κ1) is 9.49. The number of hydrogen-bond donors (Lipinski definition) is 1. The summed E-state index contributed by atoms with van der Waals surface area (Å²) >= 11 is 0. The molecule has 1 aromatic rings. The third-order valence-corrected chi connectivity index (χ3v) is 2.31. The van der Waals surface area contributed by atoms with Gasteiger partial charge in [0.1, 0.15) is 5.75 Å². The van der Waals surface area contributed by atoms with Crippen molar-refractivity contribution in [1.82, 2.24) is 0 Å². The van der Waals surface area contributed by atoms with E-state index in [-0.39, 0.29) is 18.1 Å². The molecule has 14 heavy (non-hydrogen) atoms. The van der Waals surface area contributed by atoms with Crippen LogP contribution in [-0.4, -0.2) is 17.8 Å². The van der Waals surface area contributed by atoms with Gasteiger partial charge in [-0.3, -0.25) is 0 Å². The van der Waals surface area contributed by atoms with Gasteiger partial charge in [0.25, 0.3) is 0 Å². The van der Waals surface area contributed by atoms with Crippen LogP contribution in [0.1, 0.15) is 25.2 Å². The molecule has 0 spiro atoms. The molecule has 1 N–H and O–H groups in total. The molecule has 0 bridgehead atoms. The molecule has 0 unspecified atom stereocenters. The molecule has 1 heterocycles. The molecule has 1 aliphatic heterocycles. The Balaban J connectivity index is 2.10. The van der Waals surface area contributed by atoms with Gasteiger partial charge in [-0.2, -0.15) is 0 Å². The SMILES string of the molecule is C[C@@H]1CCO[C@@H](c2ccc(O)cc2)O1. The number of phenolic OH excluding ortho intramolecular Hbond substituents is 1. The third-order valence-electron chi connectivity index (χ3n) is 2.31. The molecule has 3 nitrogen and oxygen atoms in total. The van der Waals surface area contributed by atoms with E-state index in [4.69, 9.17) is 14.6 Å². The number of benzene rings is 1. The second-order valence-corrected chi connectivity index (χ2v) is 3.53. The molecule has 2 atom stereocenters. The summed E-state index contributed by atoms with van der Waals surface area (Å²) in [5.41, 5.74) is 0.953. The zero-order valence-corrected chi connectivity index (χ0v) is 8.14. The molecule has 0 saturated carbocycles. The van der Waals surface area contributed by atoms with E-state index in [1.807, 2.05) is 19.1 Å². The zero-order valence-electron chi connectivity index (χ0n) is 8.14. The fourth-order valence-corrected chi connectivity index (χ4v) is 1.47. The molecule has 0 radical (unpaired) electrons. The topological polar surface area (TPSA) is 38.7 Å². The molecule has 76 valence electrons. The van der Waals surface area contributed by atoms with E-state index in [1.165, 1.54) is 0 Å². The van der Waals surface area contributed by atoms with Crippen LogP contribution < -0.4 is 0 Å². The Morgan fingerprint density at radius 2 is 2.00 bits per heavy atom. The van der Waals surface area contributed by atoms with Gasteiger partial charge in [0.15, 0.2) is 6.29 Å². The molecule has 1 aliphatic rings. The van der Waals surface area contributed by atoms with Crippen molar-refractivity contribution in [3.05, 3.63) is 29.8 Å². The van der Waals surface area contributed by atoms with Crippen LogP contribution in [0.15, 0.2) is 24.3 Å².